The van der Waals surface area contributed by atoms with Crippen molar-refractivity contribution in [2.45, 2.75) is 158 Å². The van der Waals surface area contributed by atoms with E-state index in [9.17, 15) is 30.6 Å². The van der Waals surface area contributed by atoms with Crippen LogP contribution in [0.4, 0.5) is 0 Å². The molecule has 43 heavy (non-hydrogen) atoms. The van der Waals surface area contributed by atoms with Gasteiger partial charge in [0.2, 0.25) is 0 Å². The van der Waals surface area contributed by atoms with E-state index in [0.29, 0.717) is 0 Å². The topological polar surface area (TPSA) is 208 Å². The van der Waals surface area contributed by atoms with Crippen LogP contribution in [0.5, 0.6) is 0 Å². The van der Waals surface area contributed by atoms with Crippen molar-refractivity contribution in [1.82, 2.24) is 0 Å². The van der Waals surface area contributed by atoms with Gasteiger partial charge in [-0.1, -0.05) is 125 Å². The van der Waals surface area contributed by atoms with E-state index in [-0.39, 0.29) is 170 Å². The summed E-state index contributed by atoms with van der Waals surface area (Å²) in [4.78, 5) is 0. The summed E-state index contributed by atoms with van der Waals surface area (Å²) in [6.07, 6.45) is 0. The summed E-state index contributed by atoms with van der Waals surface area (Å²) < 4.78 is 0. The molecule has 19 heteroatoms. The molecule has 0 aliphatic heterocycles. The van der Waals surface area contributed by atoms with Crippen LogP contribution >= 0.6 is 0 Å². The van der Waals surface area contributed by atoms with Gasteiger partial charge in [-0.25, -0.2) is 0 Å². The fraction of sp³-hybridized carbons (Fsp3) is 1.00. The van der Waals surface area contributed by atoms with E-state index in [1.807, 2.05) is 0 Å². The van der Waals surface area contributed by atoms with Gasteiger partial charge in [0.15, 0.2) is 0 Å². The Morgan fingerprint density at radius 1 is 0.233 bits per heavy atom. The van der Waals surface area contributed by atoms with E-state index < -0.39 is 40.9 Å². The van der Waals surface area contributed by atoms with Gasteiger partial charge in [-0.15, -0.1) is 33.6 Å². The van der Waals surface area contributed by atoms with Crippen molar-refractivity contribution in [2.24, 2.45) is 0 Å². The molecule has 0 fully saturated rings. The molecule has 0 unspecified atom stereocenters. The van der Waals surface area contributed by atoms with Gasteiger partial charge in [-0.2, -0.15) is 0 Å². The number of hydrogen-bond acceptors (Lipinski definition) is 9. The standard InChI is InChI=1S/6C4H9O.BO3.9Li/c6*1-4(2,3)5;2-1(3)4;;;;;;;;;/h6*1-3H3;;;;;;;;;;/q6*-1;-3;9*+1. The summed E-state index contributed by atoms with van der Waals surface area (Å²) in [6, 6.07) is 0. The van der Waals surface area contributed by atoms with Gasteiger partial charge < -0.3 is 45.7 Å². The molecule has 0 radical (unpaired) electrons. The fourth-order valence-electron chi connectivity index (χ4n) is 0. The van der Waals surface area contributed by atoms with Crippen LogP contribution in [0.1, 0.15) is 125 Å². The first kappa shape index (κ1) is 104. The molecule has 0 aliphatic rings. The average Bonchev–Trinajstić information content (AvgIpc) is 2.08. The molecule has 0 saturated heterocycles. The smallest absolute Gasteiger partial charge is 0.907 e. The van der Waals surface area contributed by atoms with Crippen LogP contribution in [0.25, 0.3) is 0 Å². The quantitative estimate of drug-likeness (QED) is 0.258. The third-order valence-electron chi connectivity index (χ3n) is 0. The Balaban J connectivity index is -0.0000000137. The monoisotopic (exact) mass is 561 g/mol. The molecular weight excluding hydrogens is 506 g/mol. The molecule has 216 valence electrons. The van der Waals surface area contributed by atoms with Crippen LogP contribution < -0.4 is 215 Å². The minimum Gasteiger partial charge on any atom is -0.907 e. The molecule has 9 nitrogen and oxygen atoms in total. The molecule has 0 N–H and O–H groups in total. The third kappa shape index (κ3) is 3710. The maximum Gasteiger partial charge on any atom is 1.00 e. The van der Waals surface area contributed by atoms with Crippen LogP contribution in [-0.2, 0) is 0 Å². The minimum atomic E-state index is -2.92. The second-order valence-electron chi connectivity index (χ2n) is 13.0. The van der Waals surface area contributed by atoms with Crippen molar-refractivity contribution in [3.05, 3.63) is 0 Å². The predicted octanol–water partition coefficient (Wildman–Crippen LogP) is -30.0. The van der Waals surface area contributed by atoms with E-state index in [1.54, 1.807) is 125 Å². The molecule has 0 aliphatic carbocycles. The molecular formula is C24H54BLi9O9. The molecule has 0 amide bonds. The van der Waals surface area contributed by atoms with Crippen molar-refractivity contribution >= 4 is 7.32 Å². The Bertz CT molecular complexity index is 288. The maximum absolute atomic E-state index is 10.1. The van der Waals surface area contributed by atoms with Crippen LogP contribution in [0, 0.1) is 0 Å². The first-order valence-electron chi connectivity index (χ1n) is 10.9. The average molecular weight is 560 g/mol. The Labute approximate surface area is 376 Å². The normalized spacial score (nSPS) is 9.00. The SMILES string of the molecule is CC(C)(C)[O-].CC(C)(C)[O-].CC(C)(C)[O-].CC(C)(C)[O-].CC(C)(C)[O-].CC(C)(C)[O-].[Li+].[Li+].[Li+].[Li+].[Li+].[Li+].[Li+].[Li+].[Li+].[O-]B([O-])[O-]. The van der Waals surface area contributed by atoms with Crippen LogP contribution in [-0.4, -0.2) is 40.9 Å². The van der Waals surface area contributed by atoms with Crippen molar-refractivity contribution in [3.63, 3.8) is 0 Å². The summed E-state index contributed by atoms with van der Waals surface area (Å²) in [5, 5.41) is 85.9. The van der Waals surface area contributed by atoms with Crippen LogP contribution in [0.3, 0.4) is 0 Å². The van der Waals surface area contributed by atoms with Gasteiger partial charge in [-0.05, 0) is 0 Å². The molecule has 0 saturated carbocycles. The zero-order valence-corrected chi connectivity index (χ0v) is 34.3. The zero-order chi connectivity index (χ0) is 30.6. The van der Waals surface area contributed by atoms with Gasteiger partial charge in [-0.3, -0.25) is 7.32 Å². The molecule has 0 rings (SSSR count). The van der Waals surface area contributed by atoms with Crippen LogP contribution in [0.15, 0.2) is 0 Å². The maximum atomic E-state index is 10.1. The molecule has 0 aromatic carbocycles. The molecule has 0 aromatic heterocycles. The summed E-state index contributed by atoms with van der Waals surface area (Å²) in [5.41, 5.74) is -4.50. The van der Waals surface area contributed by atoms with E-state index >= 15 is 0 Å². The largest absolute Gasteiger partial charge is 1.00 e. The summed E-state index contributed by atoms with van der Waals surface area (Å²) in [6.45, 7) is 29.4. The molecule has 0 atom stereocenters. The summed E-state index contributed by atoms with van der Waals surface area (Å²) in [7, 11) is -2.92. The van der Waals surface area contributed by atoms with Gasteiger partial charge in [0.25, 0.3) is 0 Å². The van der Waals surface area contributed by atoms with Crippen molar-refractivity contribution in [2.75, 3.05) is 0 Å². The van der Waals surface area contributed by atoms with E-state index in [1.165, 1.54) is 0 Å². The summed E-state index contributed by atoms with van der Waals surface area (Å²) >= 11 is 0. The van der Waals surface area contributed by atoms with E-state index in [2.05, 4.69) is 0 Å². The Morgan fingerprint density at radius 2 is 0.233 bits per heavy atom. The fourth-order valence-corrected chi connectivity index (χ4v) is 0. The Kier molecular flexibility index (Phi) is 124. The zero-order valence-electron chi connectivity index (χ0n) is 34.3. The van der Waals surface area contributed by atoms with Crippen LogP contribution in [0.2, 0.25) is 0 Å². The van der Waals surface area contributed by atoms with Crippen molar-refractivity contribution < 1.29 is 215 Å². The van der Waals surface area contributed by atoms with Gasteiger partial charge in [0, 0.05) is 0 Å². The second-order valence-corrected chi connectivity index (χ2v) is 13.0. The number of hydrogen-bond donors (Lipinski definition) is 0. The van der Waals surface area contributed by atoms with Crippen molar-refractivity contribution in [1.29, 1.82) is 0 Å². The van der Waals surface area contributed by atoms with Gasteiger partial charge in [0.05, 0.1) is 0 Å². The minimum absolute atomic E-state index is 0. The van der Waals surface area contributed by atoms with Crippen molar-refractivity contribution in [3.8, 4) is 0 Å². The first-order chi connectivity index (χ1) is 13.7. The Morgan fingerprint density at radius 3 is 0.233 bits per heavy atom. The summed E-state index contributed by atoms with van der Waals surface area (Å²) in [5.74, 6) is 0. The molecule has 0 aromatic rings. The van der Waals surface area contributed by atoms with Gasteiger partial charge in [0.1, 0.15) is 0 Å². The predicted molar refractivity (Wildman–Crippen MR) is 124 cm³/mol. The number of rotatable bonds is 0. The van der Waals surface area contributed by atoms with Gasteiger partial charge >= 0.3 is 170 Å². The third-order valence-corrected chi connectivity index (χ3v) is 0. The molecule has 0 bridgehead atoms. The molecule has 0 heterocycles. The second kappa shape index (κ2) is 51.5. The first-order valence-corrected chi connectivity index (χ1v) is 10.9. The Hall–Kier alpha value is 5.08. The van der Waals surface area contributed by atoms with E-state index in [0.717, 1.165) is 0 Å². The van der Waals surface area contributed by atoms with E-state index in [4.69, 9.17) is 15.1 Å². The molecule has 0 spiro atoms.